The van der Waals surface area contributed by atoms with Crippen LogP contribution in [-0.2, 0) is 14.3 Å². The molecule has 0 aromatic heterocycles. The average Bonchev–Trinajstić information content (AvgIpc) is 3.36. The zero-order chi connectivity index (χ0) is 19.3. The molecule has 0 bridgehead atoms. The van der Waals surface area contributed by atoms with Gasteiger partial charge in [0.2, 0.25) is 0 Å². The zero-order valence-corrected chi connectivity index (χ0v) is 15.6. The molecule has 1 fully saturated rings. The van der Waals surface area contributed by atoms with E-state index in [2.05, 4.69) is 10.6 Å². The number of carbonyl (C=O) groups excluding carboxylic acids is 3. The summed E-state index contributed by atoms with van der Waals surface area (Å²) in [5.41, 5.74) is 0.195. The van der Waals surface area contributed by atoms with Gasteiger partial charge in [0.05, 0.1) is 5.56 Å². The normalized spacial score (nSPS) is 14.9. The lowest BCUT2D eigenvalue weighted by molar-refractivity contribution is -0.125. The first-order chi connectivity index (χ1) is 12.1. The number of esters is 1. The van der Waals surface area contributed by atoms with Gasteiger partial charge in [-0.25, -0.2) is 9.59 Å². The summed E-state index contributed by atoms with van der Waals surface area (Å²) in [6, 6.07) is 6.27. The summed E-state index contributed by atoms with van der Waals surface area (Å²) in [7, 11) is 0. The number of hydrogen-bond donors (Lipinski definition) is 2. The van der Waals surface area contributed by atoms with Gasteiger partial charge in [0.25, 0.3) is 5.91 Å². The lowest BCUT2D eigenvalue weighted by atomic mass is 10.2. The van der Waals surface area contributed by atoms with Crippen LogP contribution >= 0.6 is 0 Å². The first kappa shape index (κ1) is 19.8. The predicted octanol–water partition coefficient (Wildman–Crippen LogP) is 3.11. The molecule has 0 aliphatic heterocycles. The Hall–Kier alpha value is -2.57. The van der Waals surface area contributed by atoms with Crippen LogP contribution < -0.4 is 10.6 Å². The number of carbonyl (C=O) groups is 3. The topological polar surface area (TPSA) is 93.7 Å². The summed E-state index contributed by atoms with van der Waals surface area (Å²) in [4.78, 5) is 35.4. The van der Waals surface area contributed by atoms with E-state index in [-0.39, 0.29) is 18.6 Å². The average molecular weight is 362 g/mol. The molecule has 0 heterocycles. The van der Waals surface area contributed by atoms with Gasteiger partial charge in [-0.2, -0.15) is 0 Å². The number of anilines is 1. The molecule has 0 radical (unpaired) electrons. The molecule has 2 amide bonds. The highest BCUT2D eigenvalue weighted by Crippen LogP contribution is 2.32. The summed E-state index contributed by atoms with van der Waals surface area (Å²) in [5, 5.41) is 5.40. The van der Waals surface area contributed by atoms with Crippen LogP contribution in [0.25, 0.3) is 0 Å². The molecule has 0 unspecified atom stereocenters. The third-order valence-corrected chi connectivity index (χ3v) is 3.82. The Labute approximate surface area is 153 Å². The second-order valence-corrected chi connectivity index (χ2v) is 7.47. The Morgan fingerprint density at radius 1 is 1.15 bits per heavy atom. The highest BCUT2D eigenvalue weighted by Gasteiger charge is 2.29. The molecular formula is C19H26N2O5. The van der Waals surface area contributed by atoms with Crippen LogP contribution in [0.5, 0.6) is 0 Å². The van der Waals surface area contributed by atoms with Gasteiger partial charge in [-0.05, 0) is 70.7 Å². The van der Waals surface area contributed by atoms with Crippen LogP contribution in [0, 0.1) is 5.92 Å². The fourth-order valence-corrected chi connectivity index (χ4v) is 2.34. The third-order valence-electron chi connectivity index (χ3n) is 3.82. The van der Waals surface area contributed by atoms with E-state index < -0.39 is 17.7 Å². The third kappa shape index (κ3) is 6.74. The van der Waals surface area contributed by atoms with Gasteiger partial charge >= 0.3 is 12.1 Å². The molecule has 1 aromatic carbocycles. The van der Waals surface area contributed by atoms with E-state index in [1.807, 2.05) is 6.92 Å². The maximum Gasteiger partial charge on any atom is 0.412 e. The van der Waals surface area contributed by atoms with Gasteiger partial charge in [0, 0.05) is 11.7 Å². The highest BCUT2D eigenvalue weighted by molar-refractivity contribution is 5.92. The van der Waals surface area contributed by atoms with Gasteiger partial charge < -0.3 is 14.8 Å². The molecule has 142 valence electrons. The quantitative estimate of drug-likeness (QED) is 0.759. The van der Waals surface area contributed by atoms with Gasteiger partial charge in [-0.15, -0.1) is 0 Å². The van der Waals surface area contributed by atoms with E-state index in [1.54, 1.807) is 32.9 Å². The number of benzene rings is 1. The maximum absolute atomic E-state index is 12.0. The molecule has 2 rings (SSSR count). The molecule has 26 heavy (non-hydrogen) atoms. The summed E-state index contributed by atoms with van der Waals surface area (Å²) in [6.45, 7) is 6.95. The van der Waals surface area contributed by atoms with Gasteiger partial charge in [-0.3, -0.25) is 10.1 Å². The van der Waals surface area contributed by atoms with E-state index in [0.29, 0.717) is 17.2 Å². The Balaban J connectivity index is 1.78. The molecule has 1 aromatic rings. The van der Waals surface area contributed by atoms with Crippen molar-refractivity contribution in [1.82, 2.24) is 5.32 Å². The summed E-state index contributed by atoms with van der Waals surface area (Å²) in [6.07, 6.45) is 1.69. The molecule has 0 spiro atoms. The molecule has 2 N–H and O–H groups in total. The summed E-state index contributed by atoms with van der Waals surface area (Å²) < 4.78 is 10.2. The fourth-order valence-electron chi connectivity index (χ4n) is 2.34. The van der Waals surface area contributed by atoms with E-state index in [1.165, 1.54) is 12.1 Å². The summed E-state index contributed by atoms with van der Waals surface area (Å²) >= 11 is 0. The Morgan fingerprint density at radius 3 is 2.31 bits per heavy atom. The van der Waals surface area contributed by atoms with Crippen LogP contribution in [0.1, 0.15) is 50.9 Å². The lowest BCUT2D eigenvalue weighted by Gasteiger charge is -2.19. The molecule has 1 aliphatic rings. The second-order valence-electron chi connectivity index (χ2n) is 7.47. The zero-order valence-electron chi connectivity index (χ0n) is 15.6. The summed E-state index contributed by atoms with van der Waals surface area (Å²) in [5.74, 6) is -0.358. The Bertz CT molecular complexity index is 660. The van der Waals surface area contributed by atoms with Crippen molar-refractivity contribution in [1.29, 1.82) is 0 Å². The Kier molecular flexibility index (Phi) is 6.23. The second kappa shape index (κ2) is 8.21. The van der Waals surface area contributed by atoms with Gasteiger partial charge in [0.15, 0.2) is 6.61 Å². The van der Waals surface area contributed by atoms with Crippen molar-refractivity contribution in [2.45, 2.75) is 52.2 Å². The van der Waals surface area contributed by atoms with Crippen molar-refractivity contribution in [3.05, 3.63) is 29.8 Å². The standard InChI is InChI=1S/C19H26N2O5/c1-12(13-5-6-13)20-16(22)11-25-17(23)14-7-9-15(10-8-14)21-18(24)26-19(2,3)4/h7-10,12-13H,5-6,11H2,1-4H3,(H,20,22)(H,21,24)/t12-/m0/s1. The minimum absolute atomic E-state index is 0.111. The van der Waals surface area contributed by atoms with Crippen molar-refractivity contribution in [2.24, 2.45) is 5.92 Å². The lowest BCUT2D eigenvalue weighted by Crippen LogP contribution is -2.37. The number of amides is 2. The fraction of sp³-hybridized carbons (Fsp3) is 0.526. The number of ether oxygens (including phenoxy) is 2. The monoisotopic (exact) mass is 362 g/mol. The van der Waals surface area contributed by atoms with Crippen molar-refractivity contribution in [3.63, 3.8) is 0 Å². The van der Waals surface area contributed by atoms with E-state index in [0.717, 1.165) is 12.8 Å². The SMILES string of the molecule is C[C@H](NC(=O)COC(=O)c1ccc(NC(=O)OC(C)(C)C)cc1)C1CC1. The van der Waals surface area contributed by atoms with Crippen LogP contribution in [0.2, 0.25) is 0 Å². The van der Waals surface area contributed by atoms with Crippen molar-refractivity contribution >= 4 is 23.7 Å². The minimum atomic E-state index is -0.594. The predicted molar refractivity (Wildman–Crippen MR) is 96.9 cm³/mol. The van der Waals surface area contributed by atoms with Crippen LogP contribution in [0.4, 0.5) is 10.5 Å². The van der Waals surface area contributed by atoms with Crippen molar-refractivity contribution < 1.29 is 23.9 Å². The molecular weight excluding hydrogens is 336 g/mol. The maximum atomic E-state index is 12.0. The van der Waals surface area contributed by atoms with Crippen molar-refractivity contribution in [3.8, 4) is 0 Å². The van der Waals surface area contributed by atoms with Crippen molar-refractivity contribution in [2.75, 3.05) is 11.9 Å². The van der Waals surface area contributed by atoms with Crippen LogP contribution in [0.15, 0.2) is 24.3 Å². The molecule has 7 heteroatoms. The molecule has 1 atom stereocenters. The number of hydrogen-bond acceptors (Lipinski definition) is 5. The smallest absolute Gasteiger partial charge is 0.412 e. The molecule has 0 saturated heterocycles. The first-order valence-corrected chi connectivity index (χ1v) is 8.70. The van der Waals surface area contributed by atoms with Gasteiger partial charge in [0.1, 0.15) is 5.60 Å². The highest BCUT2D eigenvalue weighted by atomic mass is 16.6. The van der Waals surface area contributed by atoms with Crippen LogP contribution in [0.3, 0.4) is 0 Å². The number of nitrogens with one attached hydrogen (secondary N) is 2. The van der Waals surface area contributed by atoms with E-state index in [9.17, 15) is 14.4 Å². The van der Waals surface area contributed by atoms with Gasteiger partial charge in [-0.1, -0.05) is 0 Å². The molecule has 1 aliphatic carbocycles. The largest absolute Gasteiger partial charge is 0.452 e. The van der Waals surface area contributed by atoms with Crippen LogP contribution in [-0.4, -0.2) is 36.2 Å². The Morgan fingerprint density at radius 2 is 1.77 bits per heavy atom. The first-order valence-electron chi connectivity index (χ1n) is 8.70. The van der Waals surface area contributed by atoms with E-state index >= 15 is 0 Å². The minimum Gasteiger partial charge on any atom is -0.452 e. The number of rotatable bonds is 6. The molecule has 1 saturated carbocycles. The van der Waals surface area contributed by atoms with E-state index in [4.69, 9.17) is 9.47 Å². The molecule has 7 nitrogen and oxygen atoms in total.